The number of aromatic nitrogens is 1. The fraction of sp³-hybridized carbons (Fsp3) is 0.533. The number of nitrogens with one attached hydrogen (secondary N) is 1. The molecule has 1 amide bonds. The van der Waals surface area contributed by atoms with Crippen LogP contribution >= 0.6 is 11.6 Å². The summed E-state index contributed by atoms with van der Waals surface area (Å²) >= 11 is 5.77. The molecular weight excluding hydrogens is 306 g/mol. The highest BCUT2D eigenvalue weighted by Crippen LogP contribution is 2.37. The zero-order chi connectivity index (χ0) is 15.7. The number of carboxylic acid groups (broad SMARTS) is 1. The summed E-state index contributed by atoms with van der Waals surface area (Å²) in [5.41, 5.74) is 0.725. The van der Waals surface area contributed by atoms with Gasteiger partial charge in [0.05, 0.1) is 23.3 Å². The van der Waals surface area contributed by atoms with E-state index in [9.17, 15) is 14.7 Å². The molecule has 2 atom stereocenters. The van der Waals surface area contributed by atoms with Gasteiger partial charge in [-0.15, -0.1) is 0 Å². The van der Waals surface area contributed by atoms with Gasteiger partial charge in [0.25, 0.3) is 0 Å². The molecule has 2 fully saturated rings. The molecule has 0 spiro atoms. The smallest absolute Gasteiger partial charge is 0.320 e. The van der Waals surface area contributed by atoms with Gasteiger partial charge < -0.3 is 10.4 Å². The number of likely N-dealkylation sites (tertiary alicyclic amines) is 1. The van der Waals surface area contributed by atoms with E-state index in [0.29, 0.717) is 24.4 Å². The third kappa shape index (κ3) is 3.23. The van der Waals surface area contributed by atoms with Gasteiger partial charge in [0.15, 0.2) is 0 Å². The van der Waals surface area contributed by atoms with Crippen molar-refractivity contribution in [1.82, 2.24) is 15.2 Å². The van der Waals surface area contributed by atoms with Gasteiger partial charge in [0, 0.05) is 12.2 Å². The first-order valence-corrected chi connectivity index (χ1v) is 7.82. The topological polar surface area (TPSA) is 82.5 Å². The molecule has 6 nitrogen and oxygen atoms in total. The predicted octanol–water partition coefficient (Wildman–Crippen LogP) is 1.43. The van der Waals surface area contributed by atoms with Gasteiger partial charge in [-0.3, -0.25) is 19.5 Å². The zero-order valence-corrected chi connectivity index (χ0v) is 12.8. The lowest BCUT2D eigenvalue weighted by atomic mass is 10.2. The summed E-state index contributed by atoms with van der Waals surface area (Å²) < 4.78 is 0. The van der Waals surface area contributed by atoms with Crippen molar-refractivity contribution >= 4 is 23.5 Å². The zero-order valence-electron chi connectivity index (χ0n) is 12.0. The van der Waals surface area contributed by atoms with Crippen molar-refractivity contribution in [2.24, 2.45) is 0 Å². The molecule has 2 aliphatic rings. The average molecular weight is 324 g/mol. The standard InChI is InChI=1S/C15H18ClN3O3/c16-9-1-2-10(17-7-9)8-18-14(20)12-5-6-13(15(21)22)19(12)11-3-4-11/h1-2,7,11-13H,3-6,8H2,(H,18,20)(H,21,22). The van der Waals surface area contributed by atoms with Gasteiger partial charge in [-0.25, -0.2) is 0 Å². The Morgan fingerprint density at radius 1 is 1.27 bits per heavy atom. The Labute approximate surface area is 133 Å². The van der Waals surface area contributed by atoms with Gasteiger partial charge >= 0.3 is 5.97 Å². The van der Waals surface area contributed by atoms with Crippen LogP contribution < -0.4 is 5.32 Å². The fourth-order valence-electron chi connectivity index (χ4n) is 3.04. The minimum atomic E-state index is -0.832. The second kappa shape index (κ2) is 6.22. The highest BCUT2D eigenvalue weighted by Gasteiger charge is 2.48. The number of carboxylic acids is 1. The number of pyridine rings is 1. The molecule has 1 saturated heterocycles. The van der Waals surface area contributed by atoms with Crippen molar-refractivity contribution < 1.29 is 14.7 Å². The summed E-state index contributed by atoms with van der Waals surface area (Å²) in [5.74, 6) is -0.950. The lowest BCUT2D eigenvalue weighted by molar-refractivity contribution is -0.143. The third-order valence-corrected chi connectivity index (χ3v) is 4.45. The number of halogens is 1. The van der Waals surface area contributed by atoms with Crippen LogP contribution in [0.3, 0.4) is 0 Å². The van der Waals surface area contributed by atoms with Crippen molar-refractivity contribution in [3.63, 3.8) is 0 Å². The SMILES string of the molecule is O=C(O)C1CCC(C(=O)NCc2ccc(Cl)cn2)N1C1CC1. The summed E-state index contributed by atoms with van der Waals surface area (Å²) in [6, 6.07) is 2.85. The molecule has 3 rings (SSSR count). The lowest BCUT2D eigenvalue weighted by Gasteiger charge is -2.27. The van der Waals surface area contributed by atoms with E-state index in [4.69, 9.17) is 11.6 Å². The Morgan fingerprint density at radius 2 is 2.00 bits per heavy atom. The number of nitrogens with zero attached hydrogens (tertiary/aromatic N) is 2. The molecule has 1 saturated carbocycles. The van der Waals surface area contributed by atoms with Crippen molar-refractivity contribution in [1.29, 1.82) is 0 Å². The quantitative estimate of drug-likeness (QED) is 0.856. The molecule has 0 aromatic carbocycles. The Kier molecular flexibility index (Phi) is 4.31. The Morgan fingerprint density at radius 3 is 2.59 bits per heavy atom. The number of aliphatic carboxylic acids is 1. The maximum absolute atomic E-state index is 12.4. The number of amides is 1. The minimum Gasteiger partial charge on any atom is -0.480 e. The van der Waals surface area contributed by atoms with Crippen molar-refractivity contribution in [3.05, 3.63) is 29.0 Å². The van der Waals surface area contributed by atoms with Crippen LogP contribution in [0.15, 0.2) is 18.3 Å². The van der Waals surface area contributed by atoms with E-state index in [1.165, 1.54) is 6.20 Å². The molecule has 2 N–H and O–H groups in total. The van der Waals surface area contributed by atoms with E-state index >= 15 is 0 Å². The molecule has 1 aromatic rings. The number of hydrogen-bond acceptors (Lipinski definition) is 4. The van der Waals surface area contributed by atoms with E-state index in [-0.39, 0.29) is 18.0 Å². The van der Waals surface area contributed by atoms with Crippen LogP contribution in [0.25, 0.3) is 0 Å². The van der Waals surface area contributed by atoms with Crippen LogP contribution in [0.4, 0.5) is 0 Å². The van der Waals surface area contributed by atoms with Crippen LogP contribution in [0.2, 0.25) is 5.02 Å². The molecule has 0 bridgehead atoms. The number of carbonyl (C=O) groups excluding carboxylic acids is 1. The Balaban J connectivity index is 1.61. The fourth-order valence-corrected chi connectivity index (χ4v) is 3.15. The molecule has 118 valence electrons. The van der Waals surface area contributed by atoms with Crippen molar-refractivity contribution in [2.75, 3.05) is 0 Å². The summed E-state index contributed by atoms with van der Waals surface area (Å²) in [5, 5.41) is 12.7. The Bertz CT molecular complexity index is 574. The number of rotatable bonds is 5. The van der Waals surface area contributed by atoms with E-state index in [1.807, 2.05) is 4.90 Å². The molecule has 1 aliphatic heterocycles. The van der Waals surface area contributed by atoms with E-state index in [0.717, 1.165) is 18.5 Å². The lowest BCUT2D eigenvalue weighted by Crippen LogP contribution is -2.49. The molecule has 0 radical (unpaired) electrons. The van der Waals surface area contributed by atoms with Crippen LogP contribution in [-0.2, 0) is 16.1 Å². The summed E-state index contributed by atoms with van der Waals surface area (Å²) in [6.07, 6.45) is 4.62. The third-order valence-electron chi connectivity index (χ3n) is 4.22. The largest absolute Gasteiger partial charge is 0.480 e. The van der Waals surface area contributed by atoms with E-state index in [1.54, 1.807) is 12.1 Å². The maximum atomic E-state index is 12.4. The highest BCUT2D eigenvalue weighted by molar-refractivity contribution is 6.30. The maximum Gasteiger partial charge on any atom is 0.320 e. The molecule has 7 heteroatoms. The summed E-state index contributed by atoms with van der Waals surface area (Å²) in [7, 11) is 0. The van der Waals surface area contributed by atoms with Crippen LogP contribution in [0, 0.1) is 0 Å². The highest BCUT2D eigenvalue weighted by atomic mass is 35.5. The first kappa shape index (κ1) is 15.2. The Hall–Kier alpha value is -1.66. The van der Waals surface area contributed by atoms with Crippen molar-refractivity contribution in [2.45, 2.75) is 50.4 Å². The van der Waals surface area contributed by atoms with Gasteiger partial charge in [-0.05, 0) is 37.8 Å². The average Bonchev–Trinajstić information content (AvgIpc) is 3.24. The molecular formula is C15H18ClN3O3. The van der Waals surface area contributed by atoms with Crippen molar-refractivity contribution in [3.8, 4) is 0 Å². The van der Waals surface area contributed by atoms with Gasteiger partial charge in [0.2, 0.25) is 5.91 Å². The molecule has 2 heterocycles. The molecule has 1 aliphatic carbocycles. The van der Waals surface area contributed by atoms with Gasteiger partial charge in [0.1, 0.15) is 6.04 Å². The normalized spacial score (nSPS) is 25.1. The predicted molar refractivity (Wildman–Crippen MR) is 80.4 cm³/mol. The summed E-state index contributed by atoms with van der Waals surface area (Å²) in [6.45, 7) is 0.322. The van der Waals surface area contributed by atoms with Crippen LogP contribution in [-0.4, -0.2) is 45.0 Å². The van der Waals surface area contributed by atoms with Crippen LogP contribution in [0.5, 0.6) is 0 Å². The first-order chi connectivity index (χ1) is 10.6. The van der Waals surface area contributed by atoms with E-state index < -0.39 is 12.0 Å². The second-order valence-corrected chi connectivity index (χ2v) is 6.25. The number of hydrogen-bond donors (Lipinski definition) is 2. The van der Waals surface area contributed by atoms with Gasteiger partial charge in [-0.1, -0.05) is 11.6 Å². The summed E-state index contributed by atoms with van der Waals surface area (Å²) in [4.78, 5) is 29.7. The molecule has 22 heavy (non-hydrogen) atoms. The van der Waals surface area contributed by atoms with Crippen LogP contribution in [0.1, 0.15) is 31.4 Å². The molecule has 1 aromatic heterocycles. The van der Waals surface area contributed by atoms with Gasteiger partial charge in [-0.2, -0.15) is 0 Å². The number of carbonyl (C=O) groups is 2. The monoisotopic (exact) mass is 323 g/mol. The first-order valence-electron chi connectivity index (χ1n) is 7.44. The minimum absolute atomic E-state index is 0.118. The molecule has 2 unspecified atom stereocenters. The second-order valence-electron chi connectivity index (χ2n) is 5.81. The van der Waals surface area contributed by atoms with E-state index in [2.05, 4.69) is 10.3 Å².